The van der Waals surface area contributed by atoms with Crippen LogP contribution in [0.1, 0.15) is 5.56 Å². The van der Waals surface area contributed by atoms with Crippen LogP contribution in [0.25, 0.3) is 16.5 Å². The molecule has 2 aromatic carbocycles. The zero-order valence-corrected chi connectivity index (χ0v) is 19.1. The number of thiophene rings is 1. The van der Waals surface area contributed by atoms with E-state index < -0.39 is 21.4 Å². The summed E-state index contributed by atoms with van der Waals surface area (Å²) >= 11 is 13.1. The van der Waals surface area contributed by atoms with Crippen molar-refractivity contribution in [3.8, 4) is 5.69 Å². The molecule has 0 fully saturated rings. The number of carbonyl (C=O) groups is 1. The van der Waals surface area contributed by atoms with Gasteiger partial charge in [0.2, 0.25) is 0 Å². The molecule has 0 atom stereocenters. The maximum atomic E-state index is 12.8. The summed E-state index contributed by atoms with van der Waals surface area (Å²) in [5, 5.41) is 1.69. The summed E-state index contributed by atoms with van der Waals surface area (Å²) in [6.45, 7) is 0. The molecule has 0 unspecified atom stereocenters. The minimum absolute atomic E-state index is 0.0647. The van der Waals surface area contributed by atoms with Crippen LogP contribution in [0.15, 0.2) is 75.9 Å². The molecule has 0 saturated heterocycles. The quantitative estimate of drug-likeness (QED) is 0.382. The third-order valence-electron chi connectivity index (χ3n) is 4.69. The van der Waals surface area contributed by atoms with Gasteiger partial charge < -0.3 is 0 Å². The molecule has 4 rings (SSSR count). The van der Waals surface area contributed by atoms with Crippen LogP contribution in [0.2, 0.25) is 9.36 Å². The van der Waals surface area contributed by atoms with Crippen molar-refractivity contribution in [2.75, 3.05) is 5.75 Å². The Morgan fingerprint density at radius 1 is 1.00 bits per heavy atom. The fourth-order valence-electron chi connectivity index (χ4n) is 3.26. The van der Waals surface area contributed by atoms with E-state index in [9.17, 15) is 18.0 Å². The summed E-state index contributed by atoms with van der Waals surface area (Å²) in [7, 11) is -3.74. The van der Waals surface area contributed by atoms with Crippen molar-refractivity contribution in [2.24, 2.45) is 0 Å². The Balaban J connectivity index is 1.56. The van der Waals surface area contributed by atoms with Gasteiger partial charge in [-0.25, -0.2) is 8.42 Å². The second-order valence-corrected chi connectivity index (χ2v) is 11.2. The summed E-state index contributed by atoms with van der Waals surface area (Å²) in [5.74, 6) is -1.08. The number of fused-ring (bicyclic) bond motifs is 1. The lowest BCUT2D eigenvalue weighted by Gasteiger charge is -2.11. The summed E-state index contributed by atoms with van der Waals surface area (Å²) in [5.41, 5.74) is 0.839. The predicted molar refractivity (Wildman–Crippen MR) is 125 cm³/mol. The van der Waals surface area contributed by atoms with Gasteiger partial charge in [0.05, 0.1) is 15.0 Å². The van der Waals surface area contributed by atoms with Crippen LogP contribution in [0.4, 0.5) is 0 Å². The Kier molecular flexibility index (Phi) is 6.03. The van der Waals surface area contributed by atoms with Crippen LogP contribution >= 0.6 is 34.5 Å². The van der Waals surface area contributed by atoms with E-state index in [0.29, 0.717) is 21.0 Å². The lowest BCUT2D eigenvalue weighted by atomic mass is 10.1. The highest BCUT2D eigenvalue weighted by molar-refractivity contribution is 7.94. The highest BCUT2D eigenvalue weighted by Crippen LogP contribution is 2.27. The molecule has 2 aromatic heterocycles. The number of nitrogens with zero attached hydrogens (tertiary/aromatic N) is 1. The molecule has 0 saturated carbocycles. The van der Waals surface area contributed by atoms with Crippen LogP contribution < -0.4 is 5.56 Å². The Labute approximate surface area is 192 Å². The van der Waals surface area contributed by atoms with Gasteiger partial charge >= 0.3 is 0 Å². The lowest BCUT2D eigenvalue weighted by Crippen LogP contribution is -2.19. The number of benzene rings is 2. The number of aromatic nitrogens is 1. The Morgan fingerprint density at radius 3 is 2.48 bits per heavy atom. The monoisotopic (exact) mass is 491 g/mol. The highest BCUT2D eigenvalue weighted by atomic mass is 35.5. The third-order valence-corrected chi connectivity index (χ3v) is 8.48. The third kappa shape index (κ3) is 4.60. The first kappa shape index (κ1) is 21.8. The summed E-state index contributed by atoms with van der Waals surface area (Å²) in [6, 6.07) is 16.8. The SMILES string of the molecule is O=C(Cc1ccc(-n2ccc3ccccc3c2=O)c(Cl)c1)CS(=O)(=O)c1ccc(Cl)s1. The predicted octanol–water partition coefficient (Wildman–Crippen LogP) is 4.94. The first-order chi connectivity index (χ1) is 14.7. The summed E-state index contributed by atoms with van der Waals surface area (Å²) < 4.78 is 26.6. The molecule has 2 heterocycles. The zero-order chi connectivity index (χ0) is 22.2. The standard InChI is InChI=1S/C22H15Cl2NO4S2/c23-18-12-14(11-16(26)13-31(28,29)21-8-7-20(24)30-21)5-6-19(18)25-10-9-15-3-1-2-4-17(15)22(25)27/h1-10,12H,11,13H2. The molecule has 158 valence electrons. The second-order valence-electron chi connectivity index (χ2n) is 6.90. The van der Waals surface area contributed by atoms with Crippen LogP contribution in [-0.4, -0.2) is 24.5 Å². The number of pyridine rings is 1. The molecule has 0 aliphatic carbocycles. The van der Waals surface area contributed by atoms with Gasteiger partial charge in [0.1, 0.15) is 9.96 Å². The summed E-state index contributed by atoms with van der Waals surface area (Å²) in [6.07, 6.45) is 1.56. The maximum absolute atomic E-state index is 12.8. The molecule has 0 spiro atoms. The van der Waals surface area contributed by atoms with E-state index >= 15 is 0 Å². The van der Waals surface area contributed by atoms with Crippen molar-refractivity contribution in [1.82, 2.24) is 4.57 Å². The van der Waals surface area contributed by atoms with E-state index in [2.05, 4.69) is 0 Å². The molecule has 0 aliphatic rings. The van der Waals surface area contributed by atoms with Crippen molar-refractivity contribution in [2.45, 2.75) is 10.6 Å². The summed E-state index contributed by atoms with van der Waals surface area (Å²) in [4.78, 5) is 25.2. The smallest absolute Gasteiger partial charge is 0.262 e. The number of hydrogen-bond acceptors (Lipinski definition) is 5. The van der Waals surface area contributed by atoms with Crippen molar-refractivity contribution >= 4 is 60.9 Å². The van der Waals surface area contributed by atoms with E-state index in [1.807, 2.05) is 18.2 Å². The number of rotatable bonds is 6. The molecule has 4 aromatic rings. The minimum Gasteiger partial charge on any atom is -0.298 e. The van der Waals surface area contributed by atoms with E-state index in [0.717, 1.165) is 16.7 Å². The number of sulfone groups is 1. The van der Waals surface area contributed by atoms with Gasteiger partial charge in [-0.2, -0.15) is 0 Å². The molecule has 0 amide bonds. The van der Waals surface area contributed by atoms with Gasteiger partial charge in [-0.15, -0.1) is 11.3 Å². The highest BCUT2D eigenvalue weighted by Gasteiger charge is 2.21. The van der Waals surface area contributed by atoms with Crippen LogP contribution in [-0.2, 0) is 21.1 Å². The van der Waals surface area contributed by atoms with E-state index in [1.54, 1.807) is 36.5 Å². The van der Waals surface area contributed by atoms with Gasteiger partial charge in [-0.1, -0.05) is 47.5 Å². The molecule has 5 nitrogen and oxygen atoms in total. The average Bonchev–Trinajstić information content (AvgIpc) is 3.16. The molecule has 0 aliphatic heterocycles. The van der Waals surface area contributed by atoms with E-state index in [4.69, 9.17) is 23.2 Å². The first-order valence-corrected chi connectivity index (χ1v) is 12.4. The Hall–Kier alpha value is -2.45. The van der Waals surface area contributed by atoms with Crippen molar-refractivity contribution in [1.29, 1.82) is 0 Å². The Bertz CT molecular complexity index is 1470. The normalized spacial score (nSPS) is 11.7. The number of halogens is 2. The van der Waals surface area contributed by atoms with Gasteiger partial charge in [0.25, 0.3) is 5.56 Å². The molecule has 9 heteroatoms. The zero-order valence-electron chi connectivity index (χ0n) is 15.9. The van der Waals surface area contributed by atoms with Gasteiger partial charge in [-0.3, -0.25) is 14.2 Å². The molecule has 0 radical (unpaired) electrons. The van der Waals surface area contributed by atoms with Crippen molar-refractivity contribution < 1.29 is 13.2 Å². The van der Waals surface area contributed by atoms with Gasteiger partial charge in [0.15, 0.2) is 15.6 Å². The van der Waals surface area contributed by atoms with Crippen LogP contribution in [0.3, 0.4) is 0 Å². The molecule has 0 N–H and O–H groups in total. The fraction of sp³-hybridized carbons (Fsp3) is 0.0909. The van der Waals surface area contributed by atoms with Gasteiger partial charge in [-0.05, 0) is 47.3 Å². The van der Waals surface area contributed by atoms with Crippen molar-refractivity contribution in [3.63, 3.8) is 0 Å². The van der Waals surface area contributed by atoms with E-state index in [-0.39, 0.29) is 21.2 Å². The average molecular weight is 492 g/mol. The molecular weight excluding hydrogens is 477 g/mol. The van der Waals surface area contributed by atoms with E-state index in [1.165, 1.54) is 16.7 Å². The number of carbonyl (C=O) groups excluding carboxylic acids is 1. The van der Waals surface area contributed by atoms with Crippen molar-refractivity contribution in [3.05, 3.63) is 92.1 Å². The number of ketones is 1. The largest absolute Gasteiger partial charge is 0.298 e. The lowest BCUT2D eigenvalue weighted by molar-refractivity contribution is -0.116. The minimum atomic E-state index is -3.74. The fourth-order valence-corrected chi connectivity index (χ4v) is 6.37. The number of hydrogen-bond donors (Lipinski definition) is 0. The van der Waals surface area contributed by atoms with Gasteiger partial charge in [0, 0.05) is 18.0 Å². The van der Waals surface area contributed by atoms with Crippen LogP contribution in [0, 0.1) is 0 Å². The van der Waals surface area contributed by atoms with Crippen LogP contribution in [0.5, 0.6) is 0 Å². The number of Topliss-reactive ketones (excluding diaryl/α,β-unsaturated/α-hetero) is 1. The molecular formula is C22H15Cl2NO4S2. The molecule has 0 bridgehead atoms. The second kappa shape index (κ2) is 8.59. The molecule has 31 heavy (non-hydrogen) atoms. The Morgan fingerprint density at radius 2 is 1.77 bits per heavy atom. The topological polar surface area (TPSA) is 73.2 Å². The first-order valence-electron chi connectivity index (χ1n) is 9.13. The maximum Gasteiger partial charge on any atom is 0.262 e.